The van der Waals surface area contributed by atoms with Gasteiger partial charge in [-0.3, -0.25) is 4.79 Å². The summed E-state index contributed by atoms with van der Waals surface area (Å²) >= 11 is 1.54. The van der Waals surface area contributed by atoms with Crippen LogP contribution in [0.5, 0.6) is 0 Å². The summed E-state index contributed by atoms with van der Waals surface area (Å²) in [6.07, 6.45) is 1.60. The Labute approximate surface area is 137 Å². The molecule has 0 saturated carbocycles. The van der Waals surface area contributed by atoms with Crippen LogP contribution in [0.4, 0.5) is 0 Å². The standard InChI is InChI=1S/C17H17N3O2S/c1-11-9-18-16(19-11)13-10-20(6-7-22-13)17(21)15-8-12-4-2-3-5-14(12)23-15/h2-5,8-9,13H,6-7,10H2,1H3,(H,18,19)/t13-/m0/s1. The molecule has 118 valence electrons. The minimum atomic E-state index is -0.184. The summed E-state index contributed by atoms with van der Waals surface area (Å²) in [5, 5.41) is 1.12. The van der Waals surface area contributed by atoms with Crippen LogP contribution in [-0.4, -0.2) is 40.5 Å². The number of thiophene rings is 1. The number of ether oxygens (including phenoxy) is 1. The Kier molecular flexibility index (Phi) is 3.63. The first-order valence-electron chi connectivity index (χ1n) is 7.61. The summed E-state index contributed by atoms with van der Waals surface area (Å²) in [4.78, 5) is 23.0. The zero-order valence-corrected chi connectivity index (χ0v) is 13.6. The number of hydrogen-bond donors (Lipinski definition) is 1. The molecule has 1 saturated heterocycles. The van der Waals surface area contributed by atoms with E-state index in [2.05, 4.69) is 9.97 Å². The number of aryl methyl sites for hydroxylation is 1. The van der Waals surface area contributed by atoms with Crippen LogP contribution in [0, 0.1) is 6.92 Å². The summed E-state index contributed by atoms with van der Waals surface area (Å²) in [6.45, 7) is 3.63. The van der Waals surface area contributed by atoms with Gasteiger partial charge in [0.2, 0.25) is 0 Å². The molecule has 4 rings (SSSR count). The highest BCUT2D eigenvalue weighted by atomic mass is 32.1. The maximum absolute atomic E-state index is 12.8. The van der Waals surface area contributed by atoms with Crippen molar-refractivity contribution in [3.8, 4) is 0 Å². The number of fused-ring (bicyclic) bond motifs is 1. The number of nitrogens with zero attached hydrogens (tertiary/aromatic N) is 2. The Hall–Kier alpha value is -2.18. The van der Waals surface area contributed by atoms with Crippen LogP contribution in [0.3, 0.4) is 0 Å². The van der Waals surface area contributed by atoms with Gasteiger partial charge in [-0.05, 0) is 24.4 Å². The zero-order chi connectivity index (χ0) is 15.8. The number of rotatable bonds is 2. The first-order chi connectivity index (χ1) is 11.2. The Bertz CT molecular complexity index is 821. The van der Waals surface area contributed by atoms with Crippen LogP contribution in [0.1, 0.15) is 27.3 Å². The van der Waals surface area contributed by atoms with E-state index in [9.17, 15) is 4.79 Å². The molecule has 23 heavy (non-hydrogen) atoms. The fourth-order valence-corrected chi connectivity index (χ4v) is 3.87. The molecular formula is C17H17N3O2S. The highest BCUT2D eigenvalue weighted by Crippen LogP contribution is 2.28. The van der Waals surface area contributed by atoms with Gasteiger partial charge in [0.25, 0.3) is 5.91 Å². The van der Waals surface area contributed by atoms with Gasteiger partial charge in [0.15, 0.2) is 0 Å². The Morgan fingerprint density at radius 3 is 3.09 bits per heavy atom. The Morgan fingerprint density at radius 1 is 1.43 bits per heavy atom. The maximum Gasteiger partial charge on any atom is 0.264 e. The summed E-state index contributed by atoms with van der Waals surface area (Å²) < 4.78 is 6.91. The molecule has 1 atom stereocenters. The number of H-pyrrole nitrogens is 1. The molecule has 1 aliphatic rings. The molecule has 3 heterocycles. The van der Waals surface area contributed by atoms with E-state index < -0.39 is 0 Å². The van der Waals surface area contributed by atoms with Crippen molar-refractivity contribution in [2.24, 2.45) is 0 Å². The lowest BCUT2D eigenvalue weighted by atomic mass is 10.2. The third kappa shape index (κ3) is 2.75. The molecule has 5 nitrogen and oxygen atoms in total. The van der Waals surface area contributed by atoms with Crippen molar-refractivity contribution in [1.82, 2.24) is 14.9 Å². The molecule has 0 bridgehead atoms. The molecule has 0 radical (unpaired) electrons. The number of carbonyl (C=O) groups is 1. The molecular weight excluding hydrogens is 310 g/mol. The summed E-state index contributed by atoms with van der Waals surface area (Å²) in [5.41, 5.74) is 0.997. The van der Waals surface area contributed by atoms with Crippen molar-refractivity contribution < 1.29 is 9.53 Å². The third-order valence-electron chi connectivity index (χ3n) is 4.02. The van der Waals surface area contributed by atoms with E-state index in [-0.39, 0.29) is 12.0 Å². The normalized spacial score (nSPS) is 18.5. The van der Waals surface area contributed by atoms with Crippen molar-refractivity contribution in [2.45, 2.75) is 13.0 Å². The minimum Gasteiger partial charge on any atom is -0.367 e. The van der Waals surface area contributed by atoms with Crippen LogP contribution < -0.4 is 0 Å². The third-order valence-corrected chi connectivity index (χ3v) is 5.12. The average Bonchev–Trinajstić information content (AvgIpc) is 3.20. The van der Waals surface area contributed by atoms with E-state index in [4.69, 9.17) is 4.74 Å². The highest BCUT2D eigenvalue weighted by molar-refractivity contribution is 7.20. The molecule has 0 aliphatic carbocycles. The molecule has 1 fully saturated rings. The van der Waals surface area contributed by atoms with E-state index in [0.717, 1.165) is 26.5 Å². The van der Waals surface area contributed by atoms with Crippen molar-refractivity contribution in [2.75, 3.05) is 19.7 Å². The van der Waals surface area contributed by atoms with Crippen LogP contribution in [0.15, 0.2) is 36.5 Å². The maximum atomic E-state index is 12.8. The second-order valence-electron chi connectivity index (χ2n) is 5.71. The first kappa shape index (κ1) is 14.4. The SMILES string of the molecule is Cc1cnc([C@@H]2CN(C(=O)c3cc4ccccc4s3)CCO2)[nH]1. The molecule has 1 N–H and O–H groups in total. The molecule has 3 aromatic rings. The van der Waals surface area contributed by atoms with Crippen molar-refractivity contribution in [3.05, 3.63) is 52.9 Å². The largest absolute Gasteiger partial charge is 0.367 e. The Balaban J connectivity index is 1.55. The van der Waals surface area contributed by atoms with E-state index in [1.54, 1.807) is 17.5 Å². The number of imidazole rings is 1. The van der Waals surface area contributed by atoms with Gasteiger partial charge in [-0.1, -0.05) is 18.2 Å². The topological polar surface area (TPSA) is 58.2 Å². The number of aromatic nitrogens is 2. The van der Waals surface area contributed by atoms with Gasteiger partial charge >= 0.3 is 0 Å². The number of hydrogen-bond acceptors (Lipinski definition) is 4. The van der Waals surface area contributed by atoms with Crippen LogP contribution in [0.25, 0.3) is 10.1 Å². The fraction of sp³-hybridized carbons (Fsp3) is 0.294. The average molecular weight is 327 g/mol. The number of morpholine rings is 1. The van der Waals surface area contributed by atoms with Crippen LogP contribution in [-0.2, 0) is 4.74 Å². The van der Waals surface area contributed by atoms with Gasteiger partial charge < -0.3 is 14.6 Å². The predicted molar refractivity (Wildman–Crippen MR) is 89.7 cm³/mol. The molecule has 2 aromatic heterocycles. The molecule has 0 spiro atoms. The molecule has 1 aromatic carbocycles. The molecule has 1 amide bonds. The number of carbonyl (C=O) groups excluding carboxylic acids is 1. The lowest BCUT2D eigenvalue weighted by molar-refractivity contribution is -0.0263. The quantitative estimate of drug-likeness (QED) is 0.786. The smallest absolute Gasteiger partial charge is 0.264 e. The second-order valence-corrected chi connectivity index (χ2v) is 6.79. The van der Waals surface area contributed by atoms with Gasteiger partial charge in [0.1, 0.15) is 11.9 Å². The summed E-state index contributed by atoms with van der Waals surface area (Å²) in [5.74, 6) is 0.860. The van der Waals surface area contributed by atoms with Crippen molar-refractivity contribution in [1.29, 1.82) is 0 Å². The molecule has 0 unspecified atom stereocenters. The van der Waals surface area contributed by atoms with E-state index in [1.807, 2.05) is 42.2 Å². The summed E-state index contributed by atoms with van der Waals surface area (Å²) in [7, 11) is 0. The van der Waals surface area contributed by atoms with Crippen molar-refractivity contribution in [3.63, 3.8) is 0 Å². The minimum absolute atomic E-state index is 0.0720. The monoisotopic (exact) mass is 327 g/mol. The van der Waals surface area contributed by atoms with Crippen LogP contribution in [0.2, 0.25) is 0 Å². The van der Waals surface area contributed by atoms with Gasteiger partial charge in [-0.15, -0.1) is 11.3 Å². The first-order valence-corrected chi connectivity index (χ1v) is 8.43. The lowest BCUT2D eigenvalue weighted by Crippen LogP contribution is -2.42. The predicted octanol–water partition coefficient (Wildman–Crippen LogP) is 3.15. The van der Waals surface area contributed by atoms with Gasteiger partial charge in [-0.2, -0.15) is 0 Å². The number of nitrogens with one attached hydrogen (secondary N) is 1. The second kappa shape index (κ2) is 5.79. The zero-order valence-electron chi connectivity index (χ0n) is 12.8. The number of benzene rings is 1. The summed E-state index contributed by atoms with van der Waals surface area (Å²) in [6, 6.07) is 10.1. The fourth-order valence-electron chi connectivity index (χ4n) is 2.84. The van der Waals surface area contributed by atoms with Crippen molar-refractivity contribution >= 4 is 27.3 Å². The number of aromatic amines is 1. The van der Waals surface area contributed by atoms with Gasteiger partial charge in [-0.25, -0.2) is 4.98 Å². The van der Waals surface area contributed by atoms with E-state index >= 15 is 0 Å². The highest BCUT2D eigenvalue weighted by Gasteiger charge is 2.28. The Morgan fingerprint density at radius 2 is 2.30 bits per heavy atom. The van der Waals surface area contributed by atoms with Gasteiger partial charge in [0, 0.05) is 23.1 Å². The van der Waals surface area contributed by atoms with Gasteiger partial charge in [0.05, 0.1) is 18.0 Å². The lowest BCUT2D eigenvalue weighted by Gasteiger charge is -2.31. The number of amides is 1. The van der Waals surface area contributed by atoms with E-state index in [1.165, 1.54) is 0 Å². The van der Waals surface area contributed by atoms with Crippen LogP contribution >= 0.6 is 11.3 Å². The van der Waals surface area contributed by atoms with E-state index in [0.29, 0.717) is 19.7 Å². The molecule has 6 heteroatoms. The molecule has 1 aliphatic heterocycles.